The van der Waals surface area contributed by atoms with Crippen LogP contribution in [0.5, 0.6) is 0 Å². The van der Waals surface area contributed by atoms with Crippen molar-refractivity contribution in [3.05, 3.63) is 108 Å². The van der Waals surface area contributed by atoms with Crippen molar-refractivity contribution in [1.82, 2.24) is 0 Å². The number of hydrogen-bond acceptors (Lipinski definition) is 2. The highest BCUT2D eigenvalue weighted by atomic mass is 16.1. The SMILES string of the molecule is NC(C=O)(Cc1ccccc1)C(Cc1ccccc1)c1ccccc1. The van der Waals surface area contributed by atoms with E-state index in [2.05, 4.69) is 24.3 Å². The zero-order valence-electron chi connectivity index (χ0n) is 14.2. The lowest BCUT2D eigenvalue weighted by Crippen LogP contribution is -2.50. The average molecular weight is 329 g/mol. The van der Waals surface area contributed by atoms with Crippen molar-refractivity contribution < 1.29 is 4.79 Å². The lowest BCUT2D eigenvalue weighted by Gasteiger charge is -2.33. The third kappa shape index (κ3) is 4.23. The van der Waals surface area contributed by atoms with Crippen molar-refractivity contribution >= 4 is 6.29 Å². The van der Waals surface area contributed by atoms with Gasteiger partial charge in [-0.15, -0.1) is 0 Å². The minimum absolute atomic E-state index is 0.0891. The van der Waals surface area contributed by atoms with Crippen LogP contribution in [0.15, 0.2) is 91.0 Å². The smallest absolute Gasteiger partial charge is 0.140 e. The summed E-state index contributed by atoms with van der Waals surface area (Å²) in [6.07, 6.45) is 2.18. The molecule has 0 heterocycles. The number of rotatable bonds is 7. The van der Waals surface area contributed by atoms with E-state index in [-0.39, 0.29) is 5.92 Å². The molecule has 0 aliphatic heterocycles. The van der Waals surface area contributed by atoms with Crippen LogP contribution in [0.2, 0.25) is 0 Å². The number of hydrogen-bond donors (Lipinski definition) is 1. The molecular formula is C23H23NO. The van der Waals surface area contributed by atoms with Gasteiger partial charge in [-0.25, -0.2) is 0 Å². The average Bonchev–Trinajstić information content (AvgIpc) is 2.68. The van der Waals surface area contributed by atoms with Crippen LogP contribution in [-0.4, -0.2) is 11.8 Å². The Balaban J connectivity index is 1.97. The largest absolute Gasteiger partial charge is 0.318 e. The second kappa shape index (κ2) is 7.91. The van der Waals surface area contributed by atoms with Crippen molar-refractivity contribution in [3.63, 3.8) is 0 Å². The first-order valence-electron chi connectivity index (χ1n) is 8.59. The van der Waals surface area contributed by atoms with E-state index in [9.17, 15) is 4.79 Å². The summed E-state index contributed by atoms with van der Waals surface area (Å²) < 4.78 is 0. The third-order valence-electron chi connectivity index (χ3n) is 4.71. The van der Waals surface area contributed by atoms with Crippen LogP contribution in [0.1, 0.15) is 22.6 Å². The molecule has 0 spiro atoms. The van der Waals surface area contributed by atoms with Gasteiger partial charge in [0.2, 0.25) is 0 Å². The van der Waals surface area contributed by atoms with Gasteiger partial charge in [0.25, 0.3) is 0 Å². The summed E-state index contributed by atoms with van der Waals surface area (Å²) in [6.45, 7) is 0. The highest BCUT2D eigenvalue weighted by Gasteiger charge is 2.36. The Kier molecular flexibility index (Phi) is 5.42. The first kappa shape index (κ1) is 17.1. The number of aldehydes is 1. The molecule has 2 nitrogen and oxygen atoms in total. The maximum Gasteiger partial charge on any atom is 0.140 e. The molecule has 0 aromatic heterocycles. The molecule has 0 saturated heterocycles. The number of carbonyl (C=O) groups excluding carboxylic acids is 1. The van der Waals surface area contributed by atoms with Crippen LogP contribution in [0.3, 0.4) is 0 Å². The minimum atomic E-state index is -0.960. The van der Waals surface area contributed by atoms with E-state index in [4.69, 9.17) is 5.73 Å². The standard InChI is InChI=1S/C23H23NO/c24-23(18-25,17-20-12-6-2-7-13-20)22(21-14-8-3-9-15-21)16-19-10-4-1-5-11-19/h1-15,18,22H,16-17,24H2. The van der Waals surface area contributed by atoms with E-state index in [1.54, 1.807) is 0 Å². The van der Waals surface area contributed by atoms with Gasteiger partial charge in [0, 0.05) is 5.92 Å². The van der Waals surface area contributed by atoms with Crippen LogP contribution >= 0.6 is 0 Å². The van der Waals surface area contributed by atoms with Gasteiger partial charge in [0.15, 0.2) is 0 Å². The molecule has 2 atom stereocenters. The molecule has 0 bridgehead atoms. The number of nitrogens with two attached hydrogens (primary N) is 1. The van der Waals surface area contributed by atoms with E-state index in [0.29, 0.717) is 6.42 Å². The fraction of sp³-hybridized carbons (Fsp3) is 0.174. The molecule has 126 valence electrons. The molecular weight excluding hydrogens is 306 g/mol. The summed E-state index contributed by atoms with van der Waals surface area (Å²) in [4.78, 5) is 12.1. The number of benzene rings is 3. The number of carbonyl (C=O) groups is 1. The van der Waals surface area contributed by atoms with Crippen LogP contribution < -0.4 is 5.73 Å². The van der Waals surface area contributed by atoms with Gasteiger partial charge < -0.3 is 10.5 Å². The molecule has 0 aliphatic rings. The fourth-order valence-electron chi connectivity index (χ4n) is 3.35. The molecule has 2 heteroatoms. The van der Waals surface area contributed by atoms with Crippen LogP contribution in [0.4, 0.5) is 0 Å². The lowest BCUT2D eigenvalue weighted by atomic mass is 9.74. The van der Waals surface area contributed by atoms with E-state index >= 15 is 0 Å². The van der Waals surface area contributed by atoms with E-state index < -0.39 is 5.54 Å². The Hall–Kier alpha value is -2.71. The summed E-state index contributed by atoms with van der Waals surface area (Å²) in [5.74, 6) is -0.0891. The van der Waals surface area contributed by atoms with Gasteiger partial charge in [0.05, 0.1) is 5.54 Å². The van der Waals surface area contributed by atoms with Crippen LogP contribution in [-0.2, 0) is 17.6 Å². The van der Waals surface area contributed by atoms with Gasteiger partial charge in [-0.05, 0) is 29.5 Å². The molecule has 25 heavy (non-hydrogen) atoms. The molecule has 0 radical (unpaired) electrons. The Bertz CT molecular complexity index is 786. The molecule has 2 unspecified atom stereocenters. The Morgan fingerprint density at radius 1 is 0.760 bits per heavy atom. The van der Waals surface area contributed by atoms with E-state index in [1.165, 1.54) is 5.56 Å². The van der Waals surface area contributed by atoms with Gasteiger partial charge >= 0.3 is 0 Å². The normalized spacial score (nSPS) is 14.4. The Labute approximate surface area is 149 Å². The van der Waals surface area contributed by atoms with Crippen LogP contribution in [0, 0.1) is 0 Å². The zero-order valence-corrected chi connectivity index (χ0v) is 14.2. The Morgan fingerprint density at radius 3 is 1.76 bits per heavy atom. The maximum atomic E-state index is 12.1. The quantitative estimate of drug-likeness (QED) is 0.662. The molecule has 3 aromatic carbocycles. The van der Waals surface area contributed by atoms with Gasteiger partial charge in [-0.1, -0.05) is 91.0 Å². The summed E-state index contributed by atoms with van der Waals surface area (Å²) in [7, 11) is 0. The van der Waals surface area contributed by atoms with Gasteiger partial charge in [0.1, 0.15) is 6.29 Å². The van der Waals surface area contributed by atoms with E-state index in [0.717, 1.165) is 23.8 Å². The first-order chi connectivity index (χ1) is 12.2. The first-order valence-corrected chi connectivity index (χ1v) is 8.59. The fourth-order valence-corrected chi connectivity index (χ4v) is 3.35. The third-order valence-corrected chi connectivity index (χ3v) is 4.71. The van der Waals surface area contributed by atoms with Gasteiger partial charge in [-0.3, -0.25) is 0 Å². The van der Waals surface area contributed by atoms with Crippen molar-refractivity contribution in [3.8, 4) is 0 Å². The summed E-state index contributed by atoms with van der Waals surface area (Å²) in [5.41, 5.74) is 9.08. The van der Waals surface area contributed by atoms with Gasteiger partial charge in [-0.2, -0.15) is 0 Å². The van der Waals surface area contributed by atoms with Crippen molar-refractivity contribution in [2.75, 3.05) is 0 Å². The summed E-state index contributed by atoms with van der Waals surface area (Å²) in [5, 5.41) is 0. The van der Waals surface area contributed by atoms with Crippen LogP contribution in [0.25, 0.3) is 0 Å². The zero-order chi connectivity index (χ0) is 17.5. The second-order valence-electron chi connectivity index (χ2n) is 6.55. The van der Waals surface area contributed by atoms with E-state index in [1.807, 2.05) is 66.7 Å². The second-order valence-corrected chi connectivity index (χ2v) is 6.55. The molecule has 0 saturated carbocycles. The molecule has 2 N–H and O–H groups in total. The van der Waals surface area contributed by atoms with Crippen molar-refractivity contribution in [2.24, 2.45) is 5.73 Å². The summed E-state index contributed by atoms with van der Waals surface area (Å²) >= 11 is 0. The predicted octanol–water partition coefficient (Wildman–Crippen LogP) is 4.15. The van der Waals surface area contributed by atoms with Crippen molar-refractivity contribution in [1.29, 1.82) is 0 Å². The highest BCUT2D eigenvalue weighted by Crippen LogP contribution is 2.32. The predicted molar refractivity (Wildman–Crippen MR) is 102 cm³/mol. The minimum Gasteiger partial charge on any atom is -0.318 e. The molecule has 0 amide bonds. The van der Waals surface area contributed by atoms with Crippen molar-refractivity contribution in [2.45, 2.75) is 24.3 Å². The molecule has 0 aliphatic carbocycles. The highest BCUT2D eigenvalue weighted by molar-refractivity contribution is 5.67. The molecule has 0 fully saturated rings. The molecule has 3 aromatic rings. The molecule has 3 rings (SSSR count). The summed E-state index contributed by atoms with van der Waals surface area (Å²) in [6, 6.07) is 30.3. The Morgan fingerprint density at radius 2 is 1.24 bits per heavy atom. The lowest BCUT2D eigenvalue weighted by molar-refractivity contribution is -0.113. The topological polar surface area (TPSA) is 43.1 Å². The maximum absolute atomic E-state index is 12.1. The monoisotopic (exact) mass is 329 g/mol.